The van der Waals surface area contributed by atoms with Crippen LogP contribution in [-0.2, 0) is 9.47 Å². The minimum absolute atomic E-state index is 0.131. The standard InChI is InChI=1S/C16H18Br4O4/c1-7(2)5-23-15(21)9-10(16(22)24-6-8(3)4)12(18)14(20)13(19)11(9)17/h7-8H,5-6H2,1-4H3. The second kappa shape index (κ2) is 9.69. The average molecular weight is 594 g/mol. The van der Waals surface area contributed by atoms with Crippen LogP contribution in [0.1, 0.15) is 48.4 Å². The van der Waals surface area contributed by atoms with E-state index in [0.29, 0.717) is 17.9 Å². The number of ether oxygens (including phenoxy) is 2. The zero-order valence-corrected chi connectivity index (χ0v) is 20.1. The number of hydrogen-bond donors (Lipinski definition) is 0. The van der Waals surface area contributed by atoms with Crippen molar-refractivity contribution in [2.24, 2.45) is 11.8 Å². The fourth-order valence-corrected chi connectivity index (χ4v) is 4.09. The largest absolute Gasteiger partial charge is 0.462 e. The molecule has 0 spiro atoms. The highest BCUT2D eigenvalue weighted by Crippen LogP contribution is 2.42. The summed E-state index contributed by atoms with van der Waals surface area (Å²) >= 11 is 13.5. The van der Waals surface area contributed by atoms with Gasteiger partial charge in [-0.05, 0) is 75.6 Å². The van der Waals surface area contributed by atoms with Crippen LogP contribution in [0.5, 0.6) is 0 Å². The predicted octanol–water partition coefficient (Wildman–Crippen LogP) is 6.36. The van der Waals surface area contributed by atoms with Crippen LogP contribution in [0, 0.1) is 11.8 Å². The molecule has 0 amide bonds. The fourth-order valence-electron chi connectivity index (χ4n) is 1.64. The molecule has 134 valence electrons. The molecule has 0 N–H and O–H groups in total. The van der Waals surface area contributed by atoms with Crippen molar-refractivity contribution in [1.29, 1.82) is 0 Å². The van der Waals surface area contributed by atoms with Gasteiger partial charge in [0, 0.05) is 17.9 Å². The molecule has 1 rings (SSSR count). The van der Waals surface area contributed by atoms with Crippen molar-refractivity contribution in [2.45, 2.75) is 27.7 Å². The minimum atomic E-state index is -0.582. The van der Waals surface area contributed by atoms with E-state index in [-0.39, 0.29) is 36.2 Å². The van der Waals surface area contributed by atoms with Gasteiger partial charge in [-0.1, -0.05) is 27.7 Å². The SMILES string of the molecule is CC(C)COC(=O)c1c(Br)c(Br)c(Br)c(Br)c1C(=O)OCC(C)C. The van der Waals surface area contributed by atoms with Gasteiger partial charge in [-0.2, -0.15) is 0 Å². The normalized spacial score (nSPS) is 11.1. The maximum absolute atomic E-state index is 12.5. The molecular formula is C16H18Br4O4. The van der Waals surface area contributed by atoms with Crippen LogP contribution in [0.3, 0.4) is 0 Å². The van der Waals surface area contributed by atoms with E-state index in [1.165, 1.54) is 0 Å². The Morgan fingerprint density at radius 3 is 1.25 bits per heavy atom. The summed E-state index contributed by atoms with van der Waals surface area (Å²) in [7, 11) is 0. The van der Waals surface area contributed by atoms with Crippen molar-refractivity contribution in [1.82, 2.24) is 0 Å². The molecule has 0 aromatic heterocycles. The Morgan fingerprint density at radius 2 is 1.00 bits per heavy atom. The van der Waals surface area contributed by atoms with Crippen LogP contribution in [0.4, 0.5) is 0 Å². The molecule has 24 heavy (non-hydrogen) atoms. The summed E-state index contributed by atoms with van der Waals surface area (Å²) in [5, 5.41) is 0. The van der Waals surface area contributed by atoms with Gasteiger partial charge in [0.25, 0.3) is 0 Å². The lowest BCUT2D eigenvalue weighted by Crippen LogP contribution is -2.19. The first-order chi connectivity index (χ1) is 11.1. The maximum Gasteiger partial charge on any atom is 0.340 e. The van der Waals surface area contributed by atoms with Crippen molar-refractivity contribution in [3.05, 3.63) is 29.0 Å². The summed E-state index contributed by atoms with van der Waals surface area (Å²) in [5.41, 5.74) is 0.262. The van der Waals surface area contributed by atoms with Crippen LogP contribution in [0.15, 0.2) is 17.9 Å². The van der Waals surface area contributed by atoms with E-state index < -0.39 is 11.9 Å². The Kier molecular flexibility index (Phi) is 8.93. The molecule has 0 bridgehead atoms. The number of hydrogen-bond acceptors (Lipinski definition) is 4. The van der Waals surface area contributed by atoms with Crippen LogP contribution in [0.25, 0.3) is 0 Å². The lowest BCUT2D eigenvalue weighted by atomic mass is 10.1. The third kappa shape index (κ3) is 5.54. The molecule has 1 aromatic carbocycles. The number of carbonyl (C=O) groups excluding carboxylic acids is 2. The monoisotopic (exact) mass is 590 g/mol. The Bertz CT molecular complexity index is 587. The summed E-state index contributed by atoms with van der Waals surface area (Å²) in [4.78, 5) is 25.1. The summed E-state index contributed by atoms with van der Waals surface area (Å²) in [6.45, 7) is 8.27. The Labute approximate surface area is 175 Å². The van der Waals surface area contributed by atoms with Gasteiger partial charge in [-0.25, -0.2) is 9.59 Å². The second-order valence-electron chi connectivity index (χ2n) is 5.99. The molecule has 0 saturated heterocycles. The predicted molar refractivity (Wildman–Crippen MR) is 107 cm³/mol. The van der Waals surface area contributed by atoms with Crippen molar-refractivity contribution in [3.8, 4) is 0 Å². The number of rotatable bonds is 6. The van der Waals surface area contributed by atoms with Gasteiger partial charge in [0.05, 0.1) is 24.3 Å². The van der Waals surface area contributed by atoms with Crippen molar-refractivity contribution < 1.29 is 19.1 Å². The third-order valence-electron chi connectivity index (χ3n) is 2.77. The van der Waals surface area contributed by atoms with Gasteiger partial charge in [0.1, 0.15) is 0 Å². The van der Waals surface area contributed by atoms with Gasteiger partial charge in [-0.15, -0.1) is 0 Å². The van der Waals surface area contributed by atoms with Gasteiger partial charge in [0.2, 0.25) is 0 Å². The van der Waals surface area contributed by atoms with Gasteiger partial charge < -0.3 is 9.47 Å². The summed E-state index contributed by atoms with van der Waals surface area (Å²) < 4.78 is 12.7. The quantitative estimate of drug-likeness (QED) is 0.219. The van der Waals surface area contributed by atoms with E-state index in [1.54, 1.807) is 0 Å². The highest BCUT2D eigenvalue weighted by atomic mass is 79.9. The topological polar surface area (TPSA) is 52.6 Å². The molecule has 0 unspecified atom stereocenters. The van der Waals surface area contributed by atoms with E-state index in [2.05, 4.69) is 63.7 Å². The summed E-state index contributed by atoms with van der Waals surface area (Å²) in [5.74, 6) is -0.792. The number of esters is 2. The lowest BCUT2D eigenvalue weighted by Gasteiger charge is -2.17. The van der Waals surface area contributed by atoms with Crippen LogP contribution in [0.2, 0.25) is 0 Å². The smallest absolute Gasteiger partial charge is 0.340 e. The van der Waals surface area contributed by atoms with E-state index in [4.69, 9.17) is 9.47 Å². The Hall–Kier alpha value is 0.0800. The molecule has 0 aliphatic carbocycles. The molecule has 0 aliphatic heterocycles. The van der Waals surface area contributed by atoms with Crippen molar-refractivity contribution >= 4 is 75.7 Å². The minimum Gasteiger partial charge on any atom is -0.462 e. The Morgan fingerprint density at radius 1 is 0.708 bits per heavy atom. The zero-order valence-electron chi connectivity index (χ0n) is 13.7. The van der Waals surface area contributed by atoms with Gasteiger partial charge >= 0.3 is 11.9 Å². The molecule has 0 fully saturated rings. The molecule has 8 heteroatoms. The van der Waals surface area contributed by atoms with Crippen LogP contribution >= 0.6 is 63.7 Å². The van der Waals surface area contributed by atoms with E-state index >= 15 is 0 Å². The highest BCUT2D eigenvalue weighted by Gasteiger charge is 2.30. The first kappa shape index (κ1) is 22.1. The molecule has 0 aliphatic rings. The van der Waals surface area contributed by atoms with Crippen molar-refractivity contribution in [2.75, 3.05) is 13.2 Å². The number of carbonyl (C=O) groups is 2. The second-order valence-corrected chi connectivity index (χ2v) is 9.16. The molecular weight excluding hydrogens is 576 g/mol. The van der Waals surface area contributed by atoms with Gasteiger partial charge in [-0.3, -0.25) is 0 Å². The van der Waals surface area contributed by atoms with Gasteiger partial charge in [0.15, 0.2) is 0 Å². The molecule has 0 radical (unpaired) electrons. The summed E-state index contributed by atoms with van der Waals surface area (Å²) in [6.07, 6.45) is 0. The first-order valence-corrected chi connectivity index (χ1v) is 10.4. The van der Waals surface area contributed by atoms with E-state index in [9.17, 15) is 9.59 Å². The molecule has 1 aromatic rings. The van der Waals surface area contributed by atoms with Crippen LogP contribution < -0.4 is 0 Å². The molecule has 4 nitrogen and oxygen atoms in total. The average Bonchev–Trinajstić information content (AvgIpc) is 2.51. The maximum atomic E-state index is 12.5. The fraction of sp³-hybridized carbons (Fsp3) is 0.500. The Balaban J connectivity index is 3.38. The molecule has 0 saturated carbocycles. The highest BCUT2D eigenvalue weighted by molar-refractivity contribution is 9.15. The van der Waals surface area contributed by atoms with Crippen molar-refractivity contribution in [3.63, 3.8) is 0 Å². The first-order valence-electron chi connectivity index (χ1n) is 7.28. The van der Waals surface area contributed by atoms with E-state index in [1.807, 2.05) is 27.7 Å². The zero-order chi connectivity index (χ0) is 18.6. The summed E-state index contributed by atoms with van der Waals surface area (Å²) in [6, 6.07) is 0. The lowest BCUT2D eigenvalue weighted by molar-refractivity contribution is 0.0410. The third-order valence-corrected chi connectivity index (χ3v) is 7.54. The van der Waals surface area contributed by atoms with Crippen LogP contribution in [-0.4, -0.2) is 25.2 Å². The number of benzene rings is 1. The molecule has 0 atom stereocenters. The molecule has 0 heterocycles. The number of halogens is 4. The van der Waals surface area contributed by atoms with E-state index in [0.717, 1.165) is 0 Å².